The predicted molar refractivity (Wildman–Crippen MR) is 562 cm³/mol. The first-order chi connectivity index (χ1) is 65.0. The summed E-state index contributed by atoms with van der Waals surface area (Å²) in [6, 6.07) is 0. The normalized spacial score (nSPS) is 12.5. The van der Waals surface area contributed by atoms with E-state index in [-0.39, 0.29) is 49.9 Å². The number of nitrogens with zero attached hydrogens (tertiary/aromatic N) is 4. The number of aliphatic hydroxyl groups is 1. The van der Waals surface area contributed by atoms with Crippen LogP contribution >= 0.6 is 0 Å². The van der Waals surface area contributed by atoms with E-state index in [0.29, 0.717) is 83.5 Å². The van der Waals surface area contributed by atoms with E-state index in [9.17, 15) is 33.9 Å². The van der Waals surface area contributed by atoms with Crippen LogP contribution in [0.5, 0.6) is 0 Å². The molecule has 0 spiro atoms. The highest BCUT2D eigenvalue weighted by Crippen LogP contribution is 2.25. The van der Waals surface area contributed by atoms with Gasteiger partial charge in [0.05, 0.1) is 19.8 Å². The first-order valence-corrected chi connectivity index (χ1v) is 57.2. The highest BCUT2D eigenvalue weighted by atomic mass is 16.7. The van der Waals surface area contributed by atoms with Crippen molar-refractivity contribution in [2.24, 2.45) is 11.8 Å². The number of carbonyl (C=O) groups excluding carboxylic acids is 5. The van der Waals surface area contributed by atoms with Crippen LogP contribution in [0.4, 0.5) is 9.59 Å². The maximum Gasteiger partial charge on any atom is 0.508 e. The Balaban J connectivity index is -0.00000218. The van der Waals surface area contributed by atoms with Gasteiger partial charge in [0.15, 0.2) is 0 Å². The van der Waals surface area contributed by atoms with Crippen molar-refractivity contribution in [1.82, 2.24) is 19.6 Å². The minimum atomic E-state index is -0.664. The molecule has 788 valence electrons. The van der Waals surface area contributed by atoms with E-state index < -0.39 is 18.3 Å². The molecule has 19 heteroatoms. The molecule has 0 aliphatic carbocycles. The third-order valence-corrected chi connectivity index (χ3v) is 26.3. The van der Waals surface area contributed by atoms with Gasteiger partial charge in [-0.3, -0.25) is 29.0 Å². The minimum Gasteiger partial charge on any atom is -0.481 e. The second kappa shape index (κ2) is 110. The van der Waals surface area contributed by atoms with Crippen molar-refractivity contribution in [3.05, 3.63) is 24.3 Å². The van der Waals surface area contributed by atoms with E-state index in [0.717, 1.165) is 219 Å². The highest BCUT2D eigenvalue weighted by Gasteiger charge is 2.21. The molecule has 4 unspecified atom stereocenters. The fourth-order valence-corrected chi connectivity index (χ4v) is 17.1. The van der Waals surface area contributed by atoms with Gasteiger partial charge in [0.2, 0.25) is 0 Å². The number of rotatable bonds is 101. The van der Waals surface area contributed by atoms with Gasteiger partial charge < -0.3 is 53.2 Å². The number of allylic oxidation sites excluding steroid dienone is 4. The van der Waals surface area contributed by atoms with Crippen LogP contribution in [-0.2, 0) is 52.3 Å². The molecule has 133 heavy (non-hydrogen) atoms. The van der Waals surface area contributed by atoms with Crippen LogP contribution in [0.2, 0.25) is 0 Å². The molecule has 0 aliphatic heterocycles. The third-order valence-electron chi connectivity index (χ3n) is 26.3. The van der Waals surface area contributed by atoms with E-state index in [1.165, 1.54) is 257 Å². The van der Waals surface area contributed by atoms with Crippen molar-refractivity contribution in [2.45, 2.75) is 545 Å². The number of unbranched alkanes of at least 4 members (excludes halogenated alkanes) is 46. The Morgan fingerprint density at radius 1 is 0.241 bits per heavy atom. The van der Waals surface area contributed by atoms with Crippen molar-refractivity contribution in [3.8, 4) is 0 Å². The lowest BCUT2D eigenvalue weighted by Gasteiger charge is -2.26. The molecule has 0 aromatic rings. The molecule has 0 saturated heterocycles. The molecule has 0 amide bonds. The minimum absolute atomic E-state index is 0.0317. The number of esters is 3. The summed E-state index contributed by atoms with van der Waals surface area (Å²) in [5.74, 6) is 0.182. The molecule has 0 radical (unpaired) electrons. The number of carbonyl (C=O) groups is 6. The summed E-state index contributed by atoms with van der Waals surface area (Å²) >= 11 is 0. The van der Waals surface area contributed by atoms with E-state index in [2.05, 4.69) is 127 Å². The van der Waals surface area contributed by atoms with Crippen LogP contribution in [0.15, 0.2) is 24.3 Å². The Bertz CT molecular complexity index is 2480. The molecule has 19 nitrogen and oxygen atoms in total. The van der Waals surface area contributed by atoms with Crippen LogP contribution in [0.25, 0.3) is 0 Å². The van der Waals surface area contributed by atoms with Crippen LogP contribution < -0.4 is 0 Å². The van der Waals surface area contributed by atoms with Crippen molar-refractivity contribution in [2.75, 3.05) is 118 Å². The summed E-state index contributed by atoms with van der Waals surface area (Å²) in [7, 11) is 0. The number of aliphatic hydroxyl groups excluding tert-OH is 1. The molecular weight excluding hydrogens is 1670 g/mol. The Morgan fingerprint density at radius 3 is 0.767 bits per heavy atom. The van der Waals surface area contributed by atoms with Crippen LogP contribution in [0, 0.1) is 11.8 Å². The first-order valence-electron chi connectivity index (χ1n) is 57.2. The molecule has 0 heterocycles. The Kier molecular flexibility index (Phi) is 110. The van der Waals surface area contributed by atoms with E-state index >= 15 is 0 Å². The second-order valence-corrected chi connectivity index (χ2v) is 38.5. The maximum atomic E-state index is 12.9. The van der Waals surface area contributed by atoms with Gasteiger partial charge in [-0.2, -0.15) is 0 Å². The van der Waals surface area contributed by atoms with Crippen molar-refractivity contribution < 1.29 is 72.1 Å². The molecular formula is C114H222N4O15. The van der Waals surface area contributed by atoms with Crippen molar-refractivity contribution in [3.63, 3.8) is 0 Å². The maximum absolute atomic E-state index is 12.9. The average Bonchev–Trinajstić information content (AvgIpc) is 0.960. The monoisotopic (exact) mass is 1890 g/mol. The fourth-order valence-electron chi connectivity index (χ4n) is 17.1. The summed E-state index contributed by atoms with van der Waals surface area (Å²) in [4.78, 5) is 82.3. The second-order valence-electron chi connectivity index (χ2n) is 38.5. The van der Waals surface area contributed by atoms with Crippen LogP contribution in [0.3, 0.4) is 0 Å². The number of aliphatic carboxylic acids is 1. The topological polar surface area (TPSA) is 220 Å². The van der Waals surface area contributed by atoms with Gasteiger partial charge in [-0.1, -0.05) is 377 Å². The lowest BCUT2D eigenvalue weighted by molar-refractivity contribution is -0.146. The third kappa shape index (κ3) is 102. The summed E-state index contributed by atoms with van der Waals surface area (Å²) in [5.41, 5.74) is 0. The summed E-state index contributed by atoms with van der Waals surface area (Å²) in [6.45, 7) is 38.5. The predicted octanol–water partition coefficient (Wildman–Crippen LogP) is 31.8. The zero-order chi connectivity index (χ0) is 98.1. The number of ether oxygens (including phenoxy) is 7. The number of carboxylic acids is 1. The van der Waals surface area contributed by atoms with Gasteiger partial charge in [0, 0.05) is 78.0 Å². The van der Waals surface area contributed by atoms with Gasteiger partial charge >= 0.3 is 36.2 Å². The molecule has 0 saturated carbocycles. The van der Waals surface area contributed by atoms with Crippen molar-refractivity contribution in [1.29, 1.82) is 0 Å². The lowest BCUT2D eigenvalue weighted by atomic mass is 9.96. The zero-order valence-corrected chi connectivity index (χ0v) is 89.8. The van der Waals surface area contributed by atoms with Crippen LogP contribution in [-0.4, -0.2) is 196 Å². The number of hydrogen-bond donors (Lipinski definition) is 2. The number of likely N-dealkylation sites (N-methyl/N-ethyl adjacent to an activating group) is 2. The summed E-state index contributed by atoms with van der Waals surface area (Å²) < 4.78 is 39.9. The van der Waals surface area contributed by atoms with E-state index in [1.54, 1.807) is 0 Å². The molecule has 4 atom stereocenters. The molecule has 0 bridgehead atoms. The average molecular weight is 1890 g/mol. The quantitative estimate of drug-likeness (QED) is 0.0250. The first kappa shape index (κ1) is 133. The number of carboxylic acid groups (broad SMARTS) is 1. The summed E-state index contributed by atoms with van der Waals surface area (Å²) in [5, 5.41) is 17.9. The Morgan fingerprint density at radius 2 is 0.474 bits per heavy atom. The molecule has 0 rings (SSSR count). The van der Waals surface area contributed by atoms with E-state index in [1.807, 2.05) is 0 Å². The molecule has 0 aliphatic rings. The number of hydrogen-bond acceptors (Lipinski definition) is 18. The van der Waals surface area contributed by atoms with Gasteiger partial charge in [-0.25, -0.2) is 9.59 Å². The SMILES string of the molecule is CCCCCCC(CCCC)COC(=O)CCCCCCCCC(CCCCCC)OC(=O)OCCN(CCO)CCN(CC)CC.CCCCCCCC/C=C\CCCCCCCC(=O)O.CCCCCCCC/C=C\CCCCCCCC(=O)OCCN(CCOC(=O)OC(CCCCCC)CCCCCCCCC(=O)OCC(CCCC)CCCCCC)CCN(CC)CC. The van der Waals surface area contributed by atoms with Gasteiger partial charge in [0.25, 0.3) is 0 Å². The molecule has 2 N–H and O–H groups in total. The standard InChI is InChI=1S/C57H110N2O7.C39H78N2O6.C18H34O2/c1-7-13-17-20-21-22-23-24-25-26-27-28-29-33-38-44-55(60)63-50-48-59(47-46-58(11-5)12-6)49-51-64-57(62)66-54(42-36-19-15-9-3)43-37-32-30-31-34-39-45-56(61)65-52-53(40-16-10-4)41-35-18-14-8-2;1-6-11-14-20-25-36(24-13-8-3)35-46-38(43)28-23-19-17-16-18-22-27-37(26-21-15-12-7-2)47-39(44)45-34-32-41(31-33-42)30-29-40(9-4)10-5;1-2-3-4-5-6-7-8-9-10-11-12-13-14-15-16-17-18(19)20/h24-25,53-54H,7-23,26-52H2,1-6H3;36-37,42H,6-35H2,1-5H3;9-10H,2-8,11-17H2,1H3,(H,19,20)/b25-24-;;10-9-. The van der Waals surface area contributed by atoms with Gasteiger partial charge in [-0.15, -0.1) is 0 Å². The summed E-state index contributed by atoms with van der Waals surface area (Å²) in [6.07, 6.45) is 87.1. The molecule has 0 fully saturated rings. The van der Waals surface area contributed by atoms with Gasteiger partial charge in [0.1, 0.15) is 32.0 Å². The lowest BCUT2D eigenvalue weighted by Crippen LogP contribution is -2.39. The Hall–Kier alpha value is -4.30. The van der Waals surface area contributed by atoms with Gasteiger partial charge in [-0.05, 0) is 192 Å². The van der Waals surface area contributed by atoms with E-state index in [4.69, 9.17) is 38.3 Å². The highest BCUT2D eigenvalue weighted by molar-refractivity contribution is 5.70. The molecule has 0 aromatic carbocycles. The molecule has 0 aromatic heterocycles. The Labute approximate surface area is 822 Å². The van der Waals surface area contributed by atoms with Crippen LogP contribution in [0.1, 0.15) is 533 Å². The zero-order valence-electron chi connectivity index (χ0n) is 89.8. The van der Waals surface area contributed by atoms with Crippen molar-refractivity contribution >= 4 is 36.2 Å². The smallest absolute Gasteiger partial charge is 0.481 e. The fraction of sp³-hybridized carbons (Fsp3) is 0.912. The largest absolute Gasteiger partial charge is 0.508 e.